The van der Waals surface area contributed by atoms with Gasteiger partial charge >= 0.3 is 0 Å². The van der Waals surface area contributed by atoms with Gasteiger partial charge in [0.15, 0.2) is 0 Å². The number of hydrogen-bond donors (Lipinski definition) is 3. The van der Waals surface area contributed by atoms with E-state index < -0.39 is 15.9 Å². The normalized spacial score (nSPS) is 11.4. The van der Waals surface area contributed by atoms with Crippen LogP contribution in [-0.2, 0) is 10.0 Å². The van der Waals surface area contributed by atoms with Crippen LogP contribution in [0.3, 0.4) is 0 Å². The Labute approximate surface area is 122 Å². The Kier molecular flexibility index (Phi) is 4.10. The number of anilines is 1. The van der Waals surface area contributed by atoms with E-state index in [4.69, 9.17) is 0 Å². The number of aryl methyl sites for hydroxylation is 2. The smallest absolute Gasteiger partial charge is 0.259 e. The van der Waals surface area contributed by atoms with Crippen molar-refractivity contribution in [1.29, 1.82) is 0 Å². The van der Waals surface area contributed by atoms with E-state index in [0.717, 1.165) is 0 Å². The van der Waals surface area contributed by atoms with Gasteiger partial charge in [-0.3, -0.25) is 9.89 Å². The summed E-state index contributed by atoms with van der Waals surface area (Å²) in [5.74, 6) is -0.405. The molecule has 1 amide bonds. The van der Waals surface area contributed by atoms with Crippen molar-refractivity contribution in [2.75, 3.05) is 12.4 Å². The van der Waals surface area contributed by atoms with Crippen molar-refractivity contribution in [2.24, 2.45) is 0 Å². The SMILES string of the molecule is CNS(=O)(=O)c1ccccc1NC(=O)c1c(C)n[nH]c1C. The molecule has 112 valence electrons. The summed E-state index contributed by atoms with van der Waals surface area (Å²) in [5, 5.41) is 9.28. The number of aromatic nitrogens is 2. The fourth-order valence-corrected chi connectivity index (χ4v) is 2.87. The molecule has 0 bridgehead atoms. The molecule has 1 heterocycles. The van der Waals surface area contributed by atoms with Gasteiger partial charge in [0.25, 0.3) is 5.91 Å². The van der Waals surface area contributed by atoms with Crippen molar-refractivity contribution >= 4 is 21.6 Å². The van der Waals surface area contributed by atoms with E-state index in [2.05, 4.69) is 20.2 Å². The second kappa shape index (κ2) is 5.66. The Morgan fingerprint density at radius 2 is 1.90 bits per heavy atom. The molecule has 1 aromatic carbocycles. The molecule has 2 aromatic rings. The second-order valence-electron chi connectivity index (χ2n) is 4.47. The van der Waals surface area contributed by atoms with E-state index in [1.165, 1.54) is 19.2 Å². The first kappa shape index (κ1) is 15.2. The van der Waals surface area contributed by atoms with Crippen molar-refractivity contribution in [1.82, 2.24) is 14.9 Å². The molecule has 0 spiro atoms. The van der Waals surface area contributed by atoms with Gasteiger partial charge in [-0.05, 0) is 33.0 Å². The number of sulfonamides is 1. The van der Waals surface area contributed by atoms with Gasteiger partial charge in [-0.1, -0.05) is 12.1 Å². The van der Waals surface area contributed by atoms with Gasteiger partial charge in [0.2, 0.25) is 10.0 Å². The van der Waals surface area contributed by atoms with Gasteiger partial charge in [0, 0.05) is 5.69 Å². The maximum atomic E-state index is 12.3. The van der Waals surface area contributed by atoms with Crippen LogP contribution in [-0.4, -0.2) is 31.6 Å². The zero-order valence-electron chi connectivity index (χ0n) is 11.9. The van der Waals surface area contributed by atoms with Crippen molar-refractivity contribution < 1.29 is 13.2 Å². The number of rotatable bonds is 4. The lowest BCUT2D eigenvalue weighted by Gasteiger charge is -2.11. The Hall–Kier alpha value is -2.19. The largest absolute Gasteiger partial charge is 0.321 e. The highest BCUT2D eigenvalue weighted by Gasteiger charge is 2.20. The van der Waals surface area contributed by atoms with Crippen LogP contribution in [0.2, 0.25) is 0 Å². The van der Waals surface area contributed by atoms with Crippen molar-refractivity contribution in [3.05, 3.63) is 41.2 Å². The highest BCUT2D eigenvalue weighted by molar-refractivity contribution is 7.89. The molecular weight excluding hydrogens is 292 g/mol. The molecule has 0 unspecified atom stereocenters. The molecule has 1 aromatic heterocycles. The summed E-state index contributed by atoms with van der Waals surface area (Å²) in [6.07, 6.45) is 0. The van der Waals surface area contributed by atoms with Crippen molar-refractivity contribution in [3.8, 4) is 0 Å². The molecule has 0 saturated carbocycles. The predicted molar refractivity (Wildman–Crippen MR) is 78.7 cm³/mol. The van der Waals surface area contributed by atoms with Gasteiger partial charge in [0.05, 0.1) is 16.9 Å². The molecule has 0 atom stereocenters. The molecule has 8 heteroatoms. The molecule has 2 rings (SSSR count). The van der Waals surface area contributed by atoms with Gasteiger partial charge in [0.1, 0.15) is 4.90 Å². The van der Waals surface area contributed by atoms with E-state index in [1.54, 1.807) is 26.0 Å². The highest BCUT2D eigenvalue weighted by atomic mass is 32.2. The third-order valence-electron chi connectivity index (χ3n) is 3.05. The van der Waals surface area contributed by atoms with Crippen molar-refractivity contribution in [2.45, 2.75) is 18.7 Å². The maximum absolute atomic E-state index is 12.3. The van der Waals surface area contributed by atoms with E-state index in [9.17, 15) is 13.2 Å². The highest BCUT2D eigenvalue weighted by Crippen LogP contribution is 2.22. The maximum Gasteiger partial charge on any atom is 0.259 e. The minimum absolute atomic E-state index is 0.0136. The zero-order chi connectivity index (χ0) is 15.6. The fourth-order valence-electron chi connectivity index (χ4n) is 1.98. The molecule has 0 saturated heterocycles. The number of nitrogens with zero attached hydrogens (tertiary/aromatic N) is 1. The Bertz CT molecular complexity index is 761. The minimum atomic E-state index is -3.65. The topological polar surface area (TPSA) is 104 Å². The lowest BCUT2D eigenvalue weighted by atomic mass is 10.2. The number of carbonyl (C=O) groups excluding carboxylic acids is 1. The van der Waals surface area contributed by atoms with Crippen LogP contribution in [0.1, 0.15) is 21.7 Å². The summed E-state index contributed by atoms with van der Waals surface area (Å²) in [7, 11) is -2.33. The summed E-state index contributed by atoms with van der Waals surface area (Å²) >= 11 is 0. The summed E-state index contributed by atoms with van der Waals surface area (Å²) in [6.45, 7) is 3.43. The molecule has 0 fully saturated rings. The molecule has 3 N–H and O–H groups in total. The van der Waals surface area contributed by atoms with Gasteiger partial charge in [-0.15, -0.1) is 0 Å². The summed E-state index contributed by atoms with van der Waals surface area (Å²) in [5.41, 5.74) is 1.81. The number of para-hydroxylation sites is 1. The average molecular weight is 308 g/mol. The van der Waals surface area contributed by atoms with Gasteiger partial charge < -0.3 is 5.32 Å². The van der Waals surface area contributed by atoms with Crippen LogP contribution < -0.4 is 10.0 Å². The molecule has 7 nitrogen and oxygen atoms in total. The lowest BCUT2D eigenvalue weighted by Crippen LogP contribution is -2.22. The molecular formula is C13H16N4O3S. The number of H-pyrrole nitrogens is 1. The monoisotopic (exact) mass is 308 g/mol. The first-order chi connectivity index (χ1) is 9.86. The predicted octanol–water partition coefficient (Wildman–Crippen LogP) is 1.19. The van der Waals surface area contributed by atoms with Crippen LogP contribution in [0.5, 0.6) is 0 Å². The number of benzene rings is 1. The first-order valence-electron chi connectivity index (χ1n) is 6.22. The number of carbonyl (C=O) groups is 1. The number of hydrogen-bond acceptors (Lipinski definition) is 4. The second-order valence-corrected chi connectivity index (χ2v) is 6.32. The third kappa shape index (κ3) is 2.96. The fraction of sp³-hybridized carbons (Fsp3) is 0.231. The van der Waals surface area contributed by atoms with Crippen LogP contribution in [0.4, 0.5) is 5.69 Å². The number of amides is 1. The van der Waals surface area contributed by atoms with E-state index in [-0.39, 0.29) is 10.6 Å². The molecule has 0 radical (unpaired) electrons. The quantitative estimate of drug-likeness (QED) is 0.789. The standard InChI is InChI=1S/C13H16N4O3S/c1-8-12(9(2)17-16-8)13(18)15-10-6-4-5-7-11(10)21(19,20)14-3/h4-7,14H,1-3H3,(H,15,18)(H,16,17). The molecule has 0 aliphatic carbocycles. The Morgan fingerprint density at radius 1 is 1.24 bits per heavy atom. The van der Waals surface area contributed by atoms with Crippen LogP contribution in [0.15, 0.2) is 29.2 Å². The third-order valence-corrected chi connectivity index (χ3v) is 4.52. The molecule has 0 aliphatic heterocycles. The lowest BCUT2D eigenvalue weighted by molar-refractivity contribution is 0.102. The van der Waals surface area contributed by atoms with Gasteiger partial charge in [-0.2, -0.15) is 5.10 Å². The molecule has 0 aliphatic rings. The van der Waals surface area contributed by atoms with E-state index in [0.29, 0.717) is 17.0 Å². The Morgan fingerprint density at radius 3 is 2.48 bits per heavy atom. The van der Waals surface area contributed by atoms with Crippen LogP contribution >= 0.6 is 0 Å². The minimum Gasteiger partial charge on any atom is -0.321 e. The van der Waals surface area contributed by atoms with Crippen LogP contribution in [0.25, 0.3) is 0 Å². The summed E-state index contributed by atoms with van der Waals surface area (Å²) in [6, 6.07) is 6.21. The van der Waals surface area contributed by atoms with Crippen LogP contribution in [0, 0.1) is 13.8 Å². The van der Waals surface area contributed by atoms with Gasteiger partial charge in [-0.25, -0.2) is 13.1 Å². The number of nitrogens with one attached hydrogen (secondary N) is 3. The first-order valence-corrected chi connectivity index (χ1v) is 7.70. The number of aromatic amines is 1. The summed E-state index contributed by atoms with van der Waals surface area (Å²) < 4.78 is 26.1. The summed E-state index contributed by atoms with van der Waals surface area (Å²) in [4.78, 5) is 12.3. The molecule has 21 heavy (non-hydrogen) atoms. The Balaban J connectivity index is 2.40. The average Bonchev–Trinajstić information content (AvgIpc) is 2.78. The zero-order valence-corrected chi connectivity index (χ0v) is 12.7. The van der Waals surface area contributed by atoms with Crippen molar-refractivity contribution in [3.63, 3.8) is 0 Å². The van der Waals surface area contributed by atoms with E-state index >= 15 is 0 Å². The van der Waals surface area contributed by atoms with E-state index in [1.807, 2.05) is 0 Å².